The summed E-state index contributed by atoms with van der Waals surface area (Å²) in [4.78, 5) is 0. The Hall–Kier alpha value is -0.760. The molecule has 2 fully saturated rings. The van der Waals surface area contributed by atoms with Crippen molar-refractivity contribution in [2.75, 3.05) is 0 Å². The van der Waals surface area contributed by atoms with Crippen LogP contribution in [0.15, 0.2) is 24.3 Å². The van der Waals surface area contributed by atoms with E-state index in [0.29, 0.717) is 11.3 Å². The summed E-state index contributed by atoms with van der Waals surface area (Å²) in [5.74, 6) is -0.130. The molecule has 3 rings (SSSR count). The van der Waals surface area contributed by atoms with Crippen molar-refractivity contribution in [1.82, 2.24) is 0 Å². The van der Waals surface area contributed by atoms with Crippen molar-refractivity contribution in [2.45, 2.75) is 81.9 Å². The molecule has 140 valence electrons. The van der Waals surface area contributed by atoms with E-state index in [1.807, 2.05) is 12.1 Å². The second-order valence-corrected chi connectivity index (χ2v) is 11.4. The van der Waals surface area contributed by atoms with Gasteiger partial charge in [0.05, 0.1) is 5.30 Å². The molecule has 0 unspecified atom stereocenters. The van der Waals surface area contributed by atoms with Crippen LogP contribution in [0.1, 0.15) is 64.2 Å². The van der Waals surface area contributed by atoms with Gasteiger partial charge in [0.1, 0.15) is 5.75 Å². The lowest BCUT2D eigenvalue weighted by Crippen LogP contribution is -2.33. The molecule has 0 amide bonds. The molecular weight excluding hydrogens is 344 g/mol. The fourth-order valence-electron chi connectivity index (χ4n) is 4.73. The van der Waals surface area contributed by atoms with Gasteiger partial charge in [-0.25, -0.2) is 0 Å². The molecule has 0 N–H and O–H groups in total. The minimum atomic E-state index is -4.63. The Labute approximate surface area is 149 Å². The van der Waals surface area contributed by atoms with Gasteiger partial charge in [-0.05, 0) is 75.6 Å². The monoisotopic (exact) mass is 372 g/mol. The van der Waals surface area contributed by atoms with E-state index in [4.69, 9.17) is 6.66 Å². The maximum absolute atomic E-state index is 12.4. The molecule has 0 bridgehead atoms. The van der Waals surface area contributed by atoms with Gasteiger partial charge in [-0.3, -0.25) is 0 Å². The first-order valence-corrected chi connectivity index (χ1v) is 11.6. The molecule has 2 saturated carbocycles. The van der Waals surface area contributed by atoms with Crippen LogP contribution in [0.2, 0.25) is 0 Å². The van der Waals surface area contributed by atoms with Gasteiger partial charge in [0.25, 0.3) is 0 Å². The fraction of sp³-hybridized carbons (Fsp3) is 0.650. The van der Waals surface area contributed by atoms with Gasteiger partial charge in [-0.15, -0.1) is 13.2 Å². The summed E-state index contributed by atoms with van der Waals surface area (Å²) < 4.78 is 41.3. The Balaban J connectivity index is 1.87. The van der Waals surface area contributed by atoms with Crippen molar-refractivity contribution in [3.05, 3.63) is 30.9 Å². The van der Waals surface area contributed by atoms with Gasteiger partial charge in [-0.1, -0.05) is 20.1 Å². The molecule has 2 aliphatic rings. The van der Waals surface area contributed by atoms with Crippen LogP contribution in [0, 0.1) is 6.66 Å². The Morgan fingerprint density at radius 2 is 1.24 bits per heavy atom. The molecule has 1 aromatic rings. The highest BCUT2D eigenvalue weighted by atomic mass is 31.2. The normalized spacial score (nSPS) is 21.3. The maximum atomic E-state index is 12.4. The number of hydrogen-bond donors (Lipinski definition) is 0. The highest BCUT2D eigenvalue weighted by Crippen LogP contribution is 2.70. The van der Waals surface area contributed by atoms with Gasteiger partial charge in [0, 0.05) is 11.3 Å². The molecule has 0 atom stereocenters. The predicted molar refractivity (Wildman–Crippen MR) is 98.8 cm³/mol. The number of halogens is 3. The number of rotatable bonds is 4. The predicted octanol–water partition coefficient (Wildman–Crippen LogP) is 6.69. The zero-order valence-corrected chi connectivity index (χ0v) is 15.6. The average Bonchev–Trinajstić information content (AvgIpc) is 2.62. The Morgan fingerprint density at radius 3 is 1.64 bits per heavy atom. The second kappa shape index (κ2) is 7.86. The van der Waals surface area contributed by atoms with Crippen LogP contribution in [0.3, 0.4) is 0 Å². The van der Waals surface area contributed by atoms with E-state index in [0.717, 1.165) is 0 Å². The molecule has 25 heavy (non-hydrogen) atoms. The number of alkyl halides is 3. The van der Waals surface area contributed by atoms with Gasteiger partial charge >= 0.3 is 6.36 Å². The molecule has 0 aliphatic heterocycles. The third-order valence-corrected chi connectivity index (χ3v) is 10.9. The standard InChI is InChI=1S/C20H28F3OP/c1-25(17-8-4-2-5-9-17,18-10-6-3-7-11-18)19-14-12-16(13-15-19)24-20(21,22)23/h12-15,17-18H,1-11H2. The molecule has 1 nitrogen and oxygen atoms in total. The van der Waals surface area contributed by atoms with Crippen molar-refractivity contribution in [2.24, 2.45) is 0 Å². The summed E-state index contributed by atoms with van der Waals surface area (Å²) in [6.45, 7) is 4.84. The minimum Gasteiger partial charge on any atom is -0.406 e. The zero-order valence-electron chi connectivity index (χ0n) is 14.7. The van der Waals surface area contributed by atoms with Crippen LogP contribution in [0.25, 0.3) is 0 Å². The van der Waals surface area contributed by atoms with E-state index in [1.54, 1.807) is 0 Å². The molecule has 0 saturated heterocycles. The summed E-state index contributed by atoms with van der Waals surface area (Å²) in [6.07, 6.45) is 7.97. The Morgan fingerprint density at radius 1 is 0.800 bits per heavy atom. The van der Waals surface area contributed by atoms with Crippen LogP contribution in [-0.2, 0) is 0 Å². The van der Waals surface area contributed by atoms with Crippen LogP contribution in [0.4, 0.5) is 13.2 Å². The van der Waals surface area contributed by atoms with E-state index >= 15 is 0 Å². The molecule has 0 radical (unpaired) electrons. The van der Waals surface area contributed by atoms with E-state index in [2.05, 4.69) is 4.74 Å². The fourth-order valence-corrected chi connectivity index (χ4v) is 9.45. The van der Waals surface area contributed by atoms with Gasteiger partial charge in [-0.2, -0.15) is 6.66 Å². The lowest BCUT2D eigenvalue weighted by Gasteiger charge is -2.46. The van der Waals surface area contributed by atoms with E-state index in [-0.39, 0.29) is 5.75 Å². The molecule has 1 aromatic carbocycles. The third-order valence-electron chi connectivity index (χ3n) is 6.00. The highest BCUT2D eigenvalue weighted by molar-refractivity contribution is 7.85. The van der Waals surface area contributed by atoms with Crippen LogP contribution < -0.4 is 10.0 Å². The Kier molecular flexibility index (Phi) is 5.98. The van der Waals surface area contributed by atoms with Crippen molar-refractivity contribution >= 4 is 12.6 Å². The second-order valence-electron chi connectivity index (χ2n) is 7.56. The van der Waals surface area contributed by atoms with Gasteiger partial charge in [0.15, 0.2) is 0 Å². The van der Waals surface area contributed by atoms with Crippen molar-refractivity contribution in [3.8, 4) is 5.75 Å². The SMILES string of the molecule is [CH2-][P+](c1ccc(OC(F)(F)F)cc1)(C1CCCCC1)C1CCCCC1. The summed E-state index contributed by atoms with van der Waals surface area (Å²) >= 11 is 0. The van der Waals surface area contributed by atoms with E-state index in [1.165, 1.54) is 81.6 Å². The summed E-state index contributed by atoms with van der Waals surface area (Å²) in [5, 5.41) is 1.20. The molecule has 5 heteroatoms. The number of ether oxygens (including phenoxy) is 1. The zero-order chi connectivity index (χ0) is 17.9. The molecule has 0 aromatic heterocycles. The molecule has 2 aliphatic carbocycles. The number of benzene rings is 1. The van der Waals surface area contributed by atoms with Crippen molar-refractivity contribution < 1.29 is 17.9 Å². The maximum Gasteiger partial charge on any atom is 0.573 e. The van der Waals surface area contributed by atoms with Gasteiger partial charge < -0.3 is 4.74 Å². The quantitative estimate of drug-likeness (QED) is 0.423. The lowest BCUT2D eigenvalue weighted by molar-refractivity contribution is -0.274. The smallest absolute Gasteiger partial charge is 0.406 e. The van der Waals surface area contributed by atoms with Gasteiger partial charge in [0.2, 0.25) is 0 Å². The summed E-state index contributed by atoms with van der Waals surface area (Å²) in [7, 11) is -1.63. The third kappa shape index (κ3) is 4.51. The largest absolute Gasteiger partial charge is 0.573 e. The van der Waals surface area contributed by atoms with Crippen LogP contribution in [-0.4, -0.2) is 17.7 Å². The lowest BCUT2D eigenvalue weighted by atomic mass is 9.99. The molecule has 0 heterocycles. The average molecular weight is 372 g/mol. The summed E-state index contributed by atoms with van der Waals surface area (Å²) in [5.41, 5.74) is 1.28. The topological polar surface area (TPSA) is 9.23 Å². The van der Waals surface area contributed by atoms with Crippen molar-refractivity contribution in [3.63, 3.8) is 0 Å². The van der Waals surface area contributed by atoms with E-state index < -0.39 is 13.6 Å². The van der Waals surface area contributed by atoms with Crippen LogP contribution >= 0.6 is 7.26 Å². The number of hydrogen-bond acceptors (Lipinski definition) is 1. The molecule has 0 spiro atoms. The first-order chi connectivity index (χ1) is 11.9. The van der Waals surface area contributed by atoms with Crippen LogP contribution in [0.5, 0.6) is 5.75 Å². The Bertz CT molecular complexity index is 525. The molecular formula is C20H28F3OP. The highest BCUT2D eigenvalue weighted by Gasteiger charge is 2.44. The van der Waals surface area contributed by atoms with E-state index in [9.17, 15) is 13.2 Å². The summed E-state index contributed by atoms with van der Waals surface area (Å²) in [6, 6.07) is 6.69. The minimum absolute atomic E-state index is 0.130. The first-order valence-electron chi connectivity index (χ1n) is 9.49. The van der Waals surface area contributed by atoms with Crippen molar-refractivity contribution in [1.29, 1.82) is 0 Å². The first kappa shape index (κ1) is 19.0.